The zero-order valence-corrected chi connectivity index (χ0v) is 39.0. The number of hydrogen-bond acceptors (Lipinski definition) is 3. The van der Waals surface area contributed by atoms with Gasteiger partial charge in [0.05, 0.1) is 45.5 Å². The Morgan fingerprint density at radius 1 is 0.488 bits per heavy atom. The molecule has 0 unspecified atom stereocenters. The van der Waals surface area contributed by atoms with E-state index < -0.39 is 93.6 Å². The monoisotopic (exact) mass is 786 g/mol. The molecule has 0 atom stereocenters. The van der Waals surface area contributed by atoms with Crippen molar-refractivity contribution in [1.82, 2.24) is 8.21 Å². The number of nitrogens with zero attached hydrogens (tertiary/aromatic N) is 2. The predicted octanol–water partition coefficient (Wildman–Crippen LogP) is 11.2. The van der Waals surface area contributed by atoms with Crippen LogP contribution in [0.5, 0.6) is 0 Å². The molecule has 0 amide bonds. The summed E-state index contributed by atoms with van der Waals surface area (Å²) >= 11 is 7.69. The van der Waals surface area contributed by atoms with Crippen LogP contribution in [0.4, 0.5) is 26.3 Å². The van der Waals surface area contributed by atoms with Gasteiger partial charge in [0.1, 0.15) is 21.2 Å². The Morgan fingerprint density at radius 2 is 0.683 bits per heavy atom. The third kappa shape index (κ3) is 6.85. The largest absolute Gasteiger partial charge is 0.424 e. The van der Waals surface area contributed by atoms with Crippen LogP contribution in [0.3, 0.4) is 0 Å². The molecular weight excluding hydrogens is 732 g/mol. The summed E-state index contributed by atoms with van der Waals surface area (Å²) in [5, 5.41) is 0. The van der Waals surface area contributed by atoms with Crippen molar-refractivity contribution in [3.8, 4) is 0 Å². The molecule has 246 valence electrons. The number of alkyl halides is 6. The van der Waals surface area contributed by atoms with Gasteiger partial charge in [-0.05, 0) is 0 Å². The minimum Gasteiger partial charge on any atom is -0.309 e. The van der Waals surface area contributed by atoms with E-state index in [1.165, 1.54) is 0 Å². The second-order valence-electron chi connectivity index (χ2n) is 17.6. The van der Waals surface area contributed by atoms with E-state index in [1.54, 1.807) is 0 Å². The van der Waals surface area contributed by atoms with Gasteiger partial charge < -0.3 is 4.52 Å². The third-order valence-electron chi connectivity index (χ3n) is 8.54. The molecule has 3 nitrogen and oxygen atoms in total. The van der Waals surface area contributed by atoms with Crippen LogP contribution in [0.2, 0.25) is 118 Å². The van der Waals surface area contributed by atoms with Gasteiger partial charge in [0.25, 0.3) is 6.10 Å². The van der Waals surface area contributed by atoms with Crippen LogP contribution in [0.1, 0.15) is 0 Å². The van der Waals surface area contributed by atoms with Crippen molar-refractivity contribution in [2.75, 3.05) is 0 Å². The van der Waals surface area contributed by atoms with Crippen molar-refractivity contribution >= 4 is 86.4 Å². The van der Waals surface area contributed by atoms with Crippen molar-refractivity contribution in [2.24, 2.45) is 0 Å². The standard InChI is InChI=1S/C21H55ClF6N2OP2Si8/c1-34(2,3)40(35(4,5)6,36(7,8)9)29-32(22)30(33(29)31-19(20(23,24)25)21(26,27)28)41(37(10,11)12,38(13,14)15)39(16,17)18/h19H,1-18H3. The molecule has 1 saturated heterocycles. The molecule has 20 heteroatoms. The van der Waals surface area contributed by atoms with Gasteiger partial charge in [-0.1, -0.05) is 129 Å². The van der Waals surface area contributed by atoms with E-state index >= 15 is 0 Å². The Hall–Kier alpha value is 2.35. The number of hydrogen-bond donors (Lipinski definition) is 0. The summed E-state index contributed by atoms with van der Waals surface area (Å²) in [5.41, 5.74) is 0. The highest BCUT2D eigenvalue weighted by molar-refractivity contribution is 8.10. The topological polar surface area (TPSA) is 15.7 Å². The summed E-state index contributed by atoms with van der Waals surface area (Å²) in [6.45, 7) is 35.8. The van der Waals surface area contributed by atoms with Crippen LogP contribution in [-0.2, 0) is 4.52 Å². The lowest BCUT2D eigenvalue weighted by Crippen LogP contribution is -2.94. The van der Waals surface area contributed by atoms with Gasteiger partial charge in [-0.2, -0.15) is 26.3 Å². The molecule has 1 heterocycles. The number of halogens is 7. The second-order valence-corrected chi connectivity index (χ2v) is 103. The maximum Gasteiger partial charge on any atom is 0.424 e. The zero-order valence-electron chi connectivity index (χ0n) is 28.4. The van der Waals surface area contributed by atoms with Crippen LogP contribution >= 0.6 is 27.3 Å². The van der Waals surface area contributed by atoms with Gasteiger partial charge in [-0.3, -0.25) is 0 Å². The fourth-order valence-corrected chi connectivity index (χ4v) is 258. The molecule has 1 aliphatic rings. The van der Waals surface area contributed by atoms with Gasteiger partial charge in [0, 0.05) is 0 Å². The fourth-order valence-electron chi connectivity index (χ4n) is 9.80. The minimum absolute atomic E-state index is 1.61. The molecule has 41 heavy (non-hydrogen) atoms. The highest BCUT2D eigenvalue weighted by Gasteiger charge is 2.79. The molecule has 1 rings (SSSR count). The maximum absolute atomic E-state index is 14.3. The first-order valence-electron chi connectivity index (χ1n) is 14.0. The zero-order chi connectivity index (χ0) is 33.6. The summed E-state index contributed by atoms with van der Waals surface area (Å²) in [6.07, 6.45) is -14.9. The molecule has 1 aliphatic heterocycles. The van der Waals surface area contributed by atoms with E-state index in [2.05, 4.69) is 126 Å². The lowest BCUT2D eigenvalue weighted by atomic mass is 10.3. The molecule has 1 fully saturated rings. The van der Waals surface area contributed by atoms with Crippen molar-refractivity contribution in [3.05, 3.63) is 0 Å². The molecule has 0 radical (unpaired) electrons. The summed E-state index contributed by atoms with van der Waals surface area (Å²) in [7, 11) is -17.0. The van der Waals surface area contributed by atoms with E-state index in [-0.39, 0.29) is 0 Å². The van der Waals surface area contributed by atoms with E-state index in [4.69, 9.17) is 15.8 Å². The third-order valence-corrected chi connectivity index (χ3v) is 165. The molecule has 0 aromatic heterocycles. The quantitative estimate of drug-likeness (QED) is 0.125. The van der Waals surface area contributed by atoms with Crippen LogP contribution < -0.4 is 0 Å². The molecular formula is C21H55ClF6N2OP2Si8. The smallest absolute Gasteiger partial charge is 0.309 e. The molecule has 0 aliphatic carbocycles. The Kier molecular flexibility index (Phi) is 11.9. The van der Waals surface area contributed by atoms with Crippen LogP contribution in [0, 0.1) is 0 Å². The van der Waals surface area contributed by atoms with E-state index in [0.717, 1.165) is 0 Å². The predicted molar refractivity (Wildman–Crippen MR) is 192 cm³/mol. The van der Waals surface area contributed by atoms with Crippen molar-refractivity contribution in [3.63, 3.8) is 0 Å². The second kappa shape index (κ2) is 11.8. The highest BCUT2D eigenvalue weighted by Crippen LogP contribution is 2.86. The molecule has 0 spiro atoms. The average molecular weight is 788 g/mol. The Morgan fingerprint density at radius 3 is 0.829 bits per heavy atom. The molecule has 0 N–H and O–H groups in total. The summed E-state index contributed by atoms with van der Waals surface area (Å²) in [4.78, 5) is 0. The van der Waals surface area contributed by atoms with Gasteiger partial charge in [0.15, 0.2) is 8.45 Å². The van der Waals surface area contributed by atoms with Gasteiger partial charge in [-0.25, -0.2) is 8.21 Å². The van der Waals surface area contributed by atoms with E-state index in [1.807, 2.05) is 0 Å². The first kappa shape index (κ1) is 41.4. The Bertz CT molecular complexity index is 809. The first-order valence-corrected chi connectivity index (χ1v) is 48.3. The van der Waals surface area contributed by atoms with Crippen molar-refractivity contribution < 1.29 is 30.9 Å². The Labute approximate surface area is 260 Å². The van der Waals surface area contributed by atoms with Crippen LogP contribution in [0.15, 0.2) is 0 Å². The van der Waals surface area contributed by atoms with Crippen molar-refractivity contribution in [1.29, 1.82) is 0 Å². The fraction of sp³-hybridized carbons (Fsp3) is 1.00. The molecule has 0 aromatic carbocycles. The van der Waals surface area contributed by atoms with Crippen LogP contribution in [-0.4, -0.2) is 85.8 Å². The maximum atomic E-state index is 14.3. The summed E-state index contributed by atoms with van der Waals surface area (Å²) < 4.78 is 95.6. The summed E-state index contributed by atoms with van der Waals surface area (Å²) in [5.74, 6) is 0. The lowest BCUT2D eigenvalue weighted by Gasteiger charge is -2.75. The molecule has 0 aromatic rings. The van der Waals surface area contributed by atoms with Gasteiger partial charge in [0.2, 0.25) is 0 Å². The minimum atomic E-state index is -5.56. The Balaban J connectivity index is 4.45. The van der Waals surface area contributed by atoms with Gasteiger partial charge in [-0.15, -0.1) is 0 Å². The highest BCUT2D eigenvalue weighted by atomic mass is 35.7. The SMILES string of the molecule is C[Si](C)(C)[Si](N1P(Cl)N([Si]([Si](C)(C)C)([Si](C)(C)C)[Si](C)(C)C)P1OC(C(F)(F)F)C(F)(F)F)([Si](C)(C)C)[Si](C)(C)C. The lowest BCUT2D eigenvalue weighted by molar-refractivity contribution is -0.299. The molecule has 0 bridgehead atoms. The number of rotatable bonds is 10. The average Bonchev–Trinajstić information content (AvgIpc) is 2.56. The van der Waals surface area contributed by atoms with Crippen molar-refractivity contribution in [2.45, 2.75) is 136 Å². The normalized spacial score (nSPS) is 22.4. The first-order chi connectivity index (χ1) is 17.4. The van der Waals surface area contributed by atoms with Crippen LogP contribution in [0.25, 0.3) is 0 Å². The van der Waals surface area contributed by atoms with Gasteiger partial charge >= 0.3 is 12.4 Å². The van der Waals surface area contributed by atoms with E-state index in [9.17, 15) is 26.3 Å². The van der Waals surface area contributed by atoms with E-state index in [0.29, 0.717) is 0 Å². The molecule has 0 saturated carbocycles. The summed E-state index contributed by atoms with van der Waals surface area (Å²) in [6, 6.07) is 0.